The molecule has 0 saturated heterocycles. The number of aryl methyl sites for hydroxylation is 2. The maximum absolute atomic E-state index is 5.84. The van der Waals surface area contributed by atoms with E-state index < -0.39 is 0 Å². The van der Waals surface area contributed by atoms with Gasteiger partial charge in [0.1, 0.15) is 0 Å². The summed E-state index contributed by atoms with van der Waals surface area (Å²) in [4.78, 5) is 4.37. The first kappa shape index (κ1) is 14.8. The van der Waals surface area contributed by atoms with Gasteiger partial charge in [0.15, 0.2) is 11.7 Å². The van der Waals surface area contributed by atoms with Gasteiger partial charge >= 0.3 is 0 Å². The third-order valence-corrected chi connectivity index (χ3v) is 3.26. The van der Waals surface area contributed by atoms with Gasteiger partial charge in [-0.3, -0.25) is 0 Å². The molecule has 0 radical (unpaired) electrons. The summed E-state index contributed by atoms with van der Waals surface area (Å²) in [6.45, 7) is 8.61. The molecule has 0 unspecified atom stereocenters. The molecular formula is C17H24N2O. The zero-order chi connectivity index (χ0) is 14.4. The Morgan fingerprint density at radius 2 is 2.05 bits per heavy atom. The van der Waals surface area contributed by atoms with E-state index in [1.165, 1.54) is 5.56 Å². The van der Waals surface area contributed by atoms with Crippen molar-refractivity contribution in [2.75, 3.05) is 13.1 Å². The van der Waals surface area contributed by atoms with Crippen molar-refractivity contribution >= 4 is 0 Å². The fraction of sp³-hybridized carbons (Fsp3) is 0.471. The van der Waals surface area contributed by atoms with Crippen LogP contribution in [0, 0.1) is 12.8 Å². The molecule has 0 spiro atoms. The summed E-state index contributed by atoms with van der Waals surface area (Å²) in [6.07, 6.45) is 3.77. The Kier molecular flexibility index (Phi) is 5.36. The van der Waals surface area contributed by atoms with E-state index in [2.05, 4.69) is 43.2 Å². The van der Waals surface area contributed by atoms with Gasteiger partial charge in [-0.15, -0.1) is 0 Å². The highest BCUT2D eigenvalue weighted by Crippen LogP contribution is 2.23. The molecule has 0 saturated carbocycles. The summed E-state index contributed by atoms with van der Waals surface area (Å²) in [5.41, 5.74) is 2.35. The fourth-order valence-electron chi connectivity index (χ4n) is 2.16. The van der Waals surface area contributed by atoms with Gasteiger partial charge in [-0.25, -0.2) is 4.98 Å². The highest BCUT2D eigenvalue weighted by molar-refractivity contribution is 5.60. The number of nitrogens with zero attached hydrogens (tertiary/aromatic N) is 1. The zero-order valence-electron chi connectivity index (χ0n) is 12.6. The lowest BCUT2D eigenvalue weighted by Crippen LogP contribution is -2.21. The van der Waals surface area contributed by atoms with Crippen LogP contribution in [0.1, 0.15) is 31.7 Å². The van der Waals surface area contributed by atoms with Crippen LogP contribution >= 0.6 is 0 Å². The molecule has 1 N–H and O–H groups in total. The van der Waals surface area contributed by atoms with Crippen LogP contribution in [-0.2, 0) is 6.42 Å². The minimum absolute atomic E-state index is 0.699. The van der Waals surface area contributed by atoms with E-state index in [0.717, 1.165) is 43.1 Å². The summed E-state index contributed by atoms with van der Waals surface area (Å²) >= 11 is 0. The molecule has 0 aliphatic carbocycles. The van der Waals surface area contributed by atoms with Gasteiger partial charge in [0.25, 0.3) is 0 Å². The third-order valence-electron chi connectivity index (χ3n) is 3.26. The first-order chi connectivity index (χ1) is 9.66. The van der Waals surface area contributed by atoms with E-state index in [1.54, 1.807) is 0 Å². The molecule has 0 atom stereocenters. The van der Waals surface area contributed by atoms with E-state index in [0.29, 0.717) is 5.92 Å². The molecule has 3 heteroatoms. The van der Waals surface area contributed by atoms with Crippen molar-refractivity contribution in [2.45, 2.75) is 33.6 Å². The minimum Gasteiger partial charge on any atom is -0.441 e. The van der Waals surface area contributed by atoms with Crippen LogP contribution in [-0.4, -0.2) is 18.1 Å². The molecule has 1 heterocycles. The highest BCUT2D eigenvalue weighted by atomic mass is 16.4. The molecule has 3 nitrogen and oxygen atoms in total. The Balaban J connectivity index is 1.85. The SMILES string of the molecule is Cc1ccccc1-c1cnc(CCCNCC(C)C)o1. The second-order valence-corrected chi connectivity index (χ2v) is 5.63. The monoisotopic (exact) mass is 272 g/mol. The molecule has 2 rings (SSSR count). The summed E-state index contributed by atoms with van der Waals surface area (Å²) in [5.74, 6) is 2.40. The van der Waals surface area contributed by atoms with Gasteiger partial charge in [0.05, 0.1) is 6.20 Å². The van der Waals surface area contributed by atoms with Crippen molar-refractivity contribution < 1.29 is 4.42 Å². The molecule has 0 aliphatic heterocycles. The first-order valence-corrected chi connectivity index (χ1v) is 7.38. The number of nitrogens with one attached hydrogen (secondary N) is 1. The fourth-order valence-corrected chi connectivity index (χ4v) is 2.16. The lowest BCUT2D eigenvalue weighted by Gasteiger charge is -2.05. The Morgan fingerprint density at radius 3 is 2.80 bits per heavy atom. The topological polar surface area (TPSA) is 38.1 Å². The van der Waals surface area contributed by atoms with Crippen LogP contribution in [0.2, 0.25) is 0 Å². The van der Waals surface area contributed by atoms with E-state index in [4.69, 9.17) is 4.42 Å². The molecule has 1 aromatic heterocycles. The van der Waals surface area contributed by atoms with Crippen molar-refractivity contribution in [3.8, 4) is 11.3 Å². The largest absolute Gasteiger partial charge is 0.441 e. The predicted molar refractivity (Wildman–Crippen MR) is 82.7 cm³/mol. The first-order valence-electron chi connectivity index (χ1n) is 7.38. The highest BCUT2D eigenvalue weighted by Gasteiger charge is 2.08. The van der Waals surface area contributed by atoms with Gasteiger partial charge in [-0.05, 0) is 37.9 Å². The van der Waals surface area contributed by atoms with E-state index in [9.17, 15) is 0 Å². The van der Waals surface area contributed by atoms with Crippen LogP contribution in [0.25, 0.3) is 11.3 Å². The molecular weight excluding hydrogens is 248 g/mol. The molecule has 0 fully saturated rings. The van der Waals surface area contributed by atoms with Crippen molar-refractivity contribution in [1.82, 2.24) is 10.3 Å². The Hall–Kier alpha value is -1.61. The lowest BCUT2D eigenvalue weighted by molar-refractivity contribution is 0.483. The summed E-state index contributed by atoms with van der Waals surface area (Å²) in [5, 5.41) is 3.43. The van der Waals surface area contributed by atoms with Gasteiger partial charge in [0, 0.05) is 12.0 Å². The van der Waals surface area contributed by atoms with Crippen LogP contribution in [0.5, 0.6) is 0 Å². The van der Waals surface area contributed by atoms with Gasteiger partial charge in [-0.2, -0.15) is 0 Å². The number of rotatable bonds is 7. The molecule has 2 aromatic rings. The lowest BCUT2D eigenvalue weighted by atomic mass is 10.1. The summed E-state index contributed by atoms with van der Waals surface area (Å²) in [6, 6.07) is 8.23. The normalized spacial score (nSPS) is 11.2. The molecule has 0 amide bonds. The average molecular weight is 272 g/mol. The number of hydrogen-bond donors (Lipinski definition) is 1. The maximum Gasteiger partial charge on any atom is 0.194 e. The van der Waals surface area contributed by atoms with Crippen LogP contribution in [0.15, 0.2) is 34.9 Å². The smallest absolute Gasteiger partial charge is 0.194 e. The van der Waals surface area contributed by atoms with Crippen molar-refractivity contribution in [2.24, 2.45) is 5.92 Å². The molecule has 1 aromatic carbocycles. The average Bonchev–Trinajstić information content (AvgIpc) is 2.87. The predicted octanol–water partition coefficient (Wildman–Crippen LogP) is 3.83. The van der Waals surface area contributed by atoms with Crippen LogP contribution in [0.3, 0.4) is 0 Å². The number of benzene rings is 1. The molecule has 108 valence electrons. The standard InChI is InChI=1S/C17H24N2O/c1-13(2)11-18-10-6-9-17-19-12-16(20-17)15-8-5-4-7-14(15)3/h4-5,7-8,12-13,18H,6,9-11H2,1-3H3. The number of aromatic nitrogens is 1. The van der Waals surface area contributed by atoms with Gasteiger partial charge < -0.3 is 9.73 Å². The Labute approximate surface area is 121 Å². The van der Waals surface area contributed by atoms with Crippen LogP contribution in [0.4, 0.5) is 0 Å². The number of oxazole rings is 1. The van der Waals surface area contributed by atoms with Crippen molar-refractivity contribution in [1.29, 1.82) is 0 Å². The minimum atomic E-state index is 0.699. The van der Waals surface area contributed by atoms with E-state index in [-0.39, 0.29) is 0 Å². The summed E-state index contributed by atoms with van der Waals surface area (Å²) in [7, 11) is 0. The summed E-state index contributed by atoms with van der Waals surface area (Å²) < 4.78 is 5.84. The van der Waals surface area contributed by atoms with Crippen molar-refractivity contribution in [3.05, 3.63) is 41.9 Å². The van der Waals surface area contributed by atoms with Crippen molar-refractivity contribution in [3.63, 3.8) is 0 Å². The maximum atomic E-state index is 5.84. The zero-order valence-corrected chi connectivity index (χ0v) is 12.6. The quantitative estimate of drug-likeness (QED) is 0.778. The second-order valence-electron chi connectivity index (χ2n) is 5.63. The second kappa shape index (κ2) is 7.25. The number of hydrogen-bond acceptors (Lipinski definition) is 3. The van der Waals surface area contributed by atoms with Crippen LogP contribution < -0.4 is 5.32 Å². The van der Waals surface area contributed by atoms with Gasteiger partial charge in [0.2, 0.25) is 0 Å². The molecule has 0 bridgehead atoms. The van der Waals surface area contributed by atoms with E-state index in [1.807, 2.05) is 18.3 Å². The van der Waals surface area contributed by atoms with E-state index >= 15 is 0 Å². The molecule has 20 heavy (non-hydrogen) atoms. The Morgan fingerprint density at radius 1 is 1.25 bits per heavy atom. The Bertz CT molecular complexity index is 531. The molecule has 0 aliphatic rings. The third kappa shape index (κ3) is 4.20. The van der Waals surface area contributed by atoms with Gasteiger partial charge in [-0.1, -0.05) is 38.1 Å².